The van der Waals surface area contributed by atoms with E-state index in [0.29, 0.717) is 26.3 Å². The average Bonchev–Trinajstić information content (AvgIpc) is 2.87. The minimum Gasteiger partial charge on any atom is -0.317 e. The molecule has 0 fully saturated rings. The zero-order valence-electron chi connectivity index (χ0n) is 13.7. The van der Waals surface area contributed by atoms with E-state index in [0.717, 1.165) is 5.56 Å². The van der Waals surface area contributed by atoms with Crippen LogP contribution in [-0.2, 0) is 21.0 Å². The molecule has 0 saturated heterocycles. The fourth-order valence-corrected chi connectivity index (χ4v) is 3.22. The number of alkyl halides is 1. The lowest BCUT2D eigenvalue weighted by atomic mass is 10.1. The van der Waals surface area contributed by atoms with Crippen LogP contribution in [0, 0.1) is 0 Å². The van der Waals surface area contributed by atoms with Gasteiger partial charge in [0.2, 0.25) is 0 Å². The molecule has 0 atom stereocenters. The van der Waals surface area contributed by atoms with E-state index in [9.17, 15) is 9.59 Å². The predicted molar refractivity (Wildman–Crippen MR) is 107 cm³/mol. The highest BCUT2D eigenvalue weighted by atomic mass is 35.5. The summed E-state index contributed by atoms with van der Waals surface area (Å²) in [5, 5.41) is 4.98. The summed E-state index contributed by atoms with van der Waals surface area (Å²) in [6.45, 7) is 0.235. The number of carbonyl (C=O) groups is 2. The molecule has 0 spiro atoms. The SMILES string of the molecule is O=C(CCCl)O/N=C1/C(=O)N(Cc2ccc(Cl)c(Cl)c2)c2ccc(Cl)cc21. The molecule has 0 radical (unpaired) electrons. The first-order chi connectivity index (χ1) is 12.9. The van der Waals surface area contributed by atoms with Crippen molar-refractivity contribution in [1.29, 1.82) is 0 Å². The van der Waals surface area contributed by atoms with E-state index >= 15 is 0 Å². The number of rotatable bonds is 5. The molecule has 5 nitrogen and oxygen atoms in total. The highest BCUT2D eigenvalue weighted by Gasteiger charge is 2.35. The van der Waals surface area contributed by atoms with Gasteiger partial charge < -0.3 is 9.74 Å². The van der Waals surface area contributed by atoms with E-state index < -0.39 is 11.9 Å². The van der Waals surface area contributed by atoms with Crippen LogP contribution in [0.1, 0.15) is 17.5 Å². The number of hydrogen-bond acceptors (Lipinski definition) is 4. The Kier molecular flexibility index (Phi) is 6.27. The third kappa shape index (κ3) is 4.38. The zero-order chi connectivity index (χ0) is 19.6. The normalized spacial score (nSPS) is 14.6. The van der Waals surface area contributed by atoms with Crippen LogP contribution in [0.5, 0.6) is 0 Å². The molecular weight excluding hydrogens is 434 g/mol. The summed E-state index contributed by atoms with van der Waals surface area (Å²) in [4.78, 5) is 30.7. The fourth-order valence-electron chi connectivity index (χ4n) is 2.57. The zero-order valence-corrected chi connectivity index (χ0v) is 16.7. The van der Waals surface area contributed by atoms with Crippen molar-refractivity contribution in [3.05, 3.63) is 62.6 Å². The van der Waals surface area contributed by atoms with Crippen molar-refractivity contribution in [2.24, 2.45) is 5.16 Å². The van der Waals surface area contributed by atoms with Crippen LogP contribution in [0.15, 0.2) is 41.6 Å². The molecule has 3 rings (SSSR count). The van der Waals surface area contributed by atoms with Gasteiger partial charge in [0.1, 0.15) is 0 Å². The Labute approximate surface area is 175 Å². The second-order valence-electron chi connectivity index (χ2n) is 5.64. The maximum atomic E-state index is 12.9. The van der Waals surface area contributed by atoms with Crippen molar-refractivity contribution in [2.75, 3.05) is 10.8 Å². The molecule has 0 bridgehead atoms. The van der Waals surface area contributed by atoms with Gasteiger partial charge in [-0.05, 0) is 35.9 Å². The Bertz CT molecular complexity index is 946. The Morgan fingerprint density at radius 3 is 2.56 bits per heavy atom. The van der Waals surface area contributed by atoms with E-state index in [1.807, 2.05) is 0 Å². The number of fused-ring (bicyclic) bond motifs is 1. The van der Waals surface area contributed by atoms with Crippen molar-refractivity contribution in [1.82, 2.24) is 0 Å². The first-order valence-electron chi connectivity index (χ1n) is 7.80. The van der Waals surface area contributed by atoms with Gasteiger partial charge in [0, 0.05) is 16.5 Å². The molecular formula is C18H12Cl4N2O3. The van der Waals surface area contributed by atoms with Crippen molar-refractivity contribution >= 4 is 69.7 Å². The van der Waals surface area contributed by atoms with Crippen molar-refractivity contribution < 1.29 is 14.4 Å². The van der Waals surface area contributed by atoms with Gasteiger partial charge in [-0.3, -0.25) is 4.79 Å². The summed E-state index contributed by atoms with van der Waals surface area (Å²) >= 11 is 23.5. The Balaban J connectivity index is 1.94. The molecule has 9 heteroatoms. The standard InChI is InChI=1S/C18H12Cl4N2O3/c19-6-5-16(25)27-23-17-12-8-11(20)2-4-15(12)24(18(17)26)9-10-1-3-13(21)14(22)7-10/h1-4,7-8H,5-6,9H2/b23-17+. The van der Waals surface area contributed by atoms with Crippen molar-refractivity contribution in [3.8, 4) is 0 Å². The number of hydrogen-bond donors (Lipinski definition) is 0. The van der Waals surface area contributed by atoms with Crippen LogP contribution < -0.4 is 4.90 Å². The lowest BCUT2D eigenvalue weighted by Crippen LogP contribution is -2.29. The first kappa shape index (κ1) is 20.0. The van der Waals surface area contributed by atoms with Gasteiger partial charge in [0.05, 0.1) is 28.7 Å². The van der Waals surface area contributed by atoms with Gasteiger partial charge in [0.25, 0.3) is 5.91 Å². The fraction of sp³-hybridized carbons (Fsp3) is 0.167. The summed E-state index contributed by atoms with van der Waals surface area (Å²) in [7, 11) is 0. The number of amides is 1. The van der Waals surface area contributed by atoms with Gasteiger partial charge in [-0.2, -0.15) is 0 Å². The average molecular weight is 446 g/mol. The van der Waals surface area contributed by atoms with Gasteiger partial charge >= 0.3 is 5.97 Å². The lowest BCUT2D eigenvalue weighted by molar-refractivity contribution is -0.143. The second-order valence-corrected chi connectivity index (χ2v) is 7.27. The van der Waals surface area contributed by atoms with Crippen LogP contribution in [0.3, 0.4) is 0 Å². The van der Waals surface area contributed by atoms with Crippen LogP contribution >= 0.6 is 46.4 Å². The molecule has 0 N–H and O–H groups in total. The summed E-state index contributed by atoms with van der Waals surface area (Å²) in [6, 6.07) is 10.1. The van der Waals surface area contributed by atoms with Gasteiger partial charge in [0.15, 0.2) is 5.71 Å². The minimum absolute atomic E-state index is 0.00418. The predicted octanol–water partition coefficient (Wildman–Crippen LogP) is 5.07. The van der Waals surface area contributed by atoms with Gasteiger partial charge in [-0.1, -0.05) is 46.0 Å². The van der Waals surface area contributed by atoms with E-state index in [1.54, 1.807) is 36.4 Å². The molecule has 1 heterocycles. The first-order valence-corrected chi connectivity index (χ1v) is 9.47. The molecule has 0 saturated carbocycles. The van der Waals surface area contributed by atoms with Crippen LogP contribution in [-0.4, -0.2) is 23.5 Å². The van der Waals surface area contributed by atoms with Gasteiger partial charge in [-0.15, -0.1) is 11.6 Å². The molecule has 2 aromatic carbocycles. The van der Waals surface area contributed by atoms with Crippen LogP contribution in [0.25, 0.3) is 0 Å². The number of carbonyl (C=O) groups excluding carboxylic acids is 2. The smallest absolute Gasteiger partial charge is 0.317 e. The highest BCUT2D eigenvalue weighted by molar-refractivity contribution is 6.54. The molecule has 1 aliphatic rings. The van der Waals surface area contributed by atoms with E-state index in [4.69, 9.17) is 51.2 Å². The molecule has 140 valence electrons. The third-order valence-electron chi connectivity index (χ3n) is 3.81. The Morgan fingerprint density at radius 1 is 1.07 bits per heavy atom. The number of halogens is 4. The maximum Gasteiger partial charge on any atom is 0.336 e. The second kappa shape index (κ2) is 8.48. The van der Waals surface area contributed by atoms with E-state index in [1.165, 1.54) is 4.90 Å². The summed E-state index contributed by atoms with van der Waals surface area (Å²) in [5.74, 6) is -0.947. The van der Waals surface area contributed by atoms with Crippen LogP contribution in [0.2, 0.25) is 15.1 Å². The van der Waals surface area contributed by atoms with Crippen molar-refractivity contribution in [2.45, 2.75) is 13.0 Å². The lowest BCUT2D eigenvalue weighted by Gasteiger charge is -2.17. The van der Waals surface area contributed by atoms with E-state index in [2.05, 4.69) is 5.16 Å². The summed E-state index contributed by atoms with van der Waals surface area (Å²) in [6.07, 6.45) is -0.0120. The largest absolute Gasteiger partial charge is 0.336 e. The Hall–Kier alpha value is -1.79. The topological polar surface area (TPSA) is 59.0 Å². The minimum atomic E-state index is -0.628. The molecule has 0 aromatic heterocycles. The molecule has 0 aliphatic carbocycles. The van der Waals surface area contributed by atoms with Crippen LogP contribution in [0.4, 0.5) is 5.69 Å². The quantitative estimate of drug-likeness (QED) is 0.366. The third-order valence-corrected chi connectivity index (χ3v) is 4.98. The number of anilines is 1. The number of nitrogens with zero attached hydrogens (tertiary/aromatic N) is 2. The number of oxime groups is 1. The summed E-state index contributed by atoms with van der Waals surface area (Å²) < 4.78 is 0. The monoisotopic (exact) mass is 444 g/mol. The maximum absolute atomic E-state index is 12.9. The summed E-state index contributed by atoms with van der Waals surface area (Å²) in [5.41, 5.74) is 1.85. The van der Waals surface area contributed by atoms with Gasteiger partial charge in [-0.25, -0.2) is 4.79 Å². The molecule has 2 aromatic rings. The molecule has 1 amide bonds. The number of benzene rings is 2. The molecule has 0 unspecified atom stereocenters. The highest BCUT2D eigenvalue weighted by Crippen LogP contribution is 2.34. The molecule has 1 aliphatic heterocycles. The Morgan fingerprint density at radius 2 is 1.85 bits per heavy atom. The molecule has 27 heavy (non-hydrogen) atoms. The van der Waals surface area contributed by atoms with E-state index in [-0.39, 0.29) is 24.6 Å². The van der Waals surface area contributed by atoms with Crippen molar-refractivity contribution in [3.63, 3.8) is 0 Å².